The Balaban J connectivity index is 1.79. The molecule has 26 heavy (non-hydrogen) atoms. The van der Waals surface area contributed by atoms with Crippen molar-refractivity contribution >= 4 is 23.1 Å². The fourth-order valence-corrected chi connectivity index (χ4v) is 2.69. The van der Waals surface area contributed by atoms with Gasteiger partial charge in [-0.2, -0.15) is 0 Å². The van der Waals surface area contributed by atoms with Gasteiger partial charge in [-0.05, 0) is 22.0 Å². The van der Waals surface area contributed by atoms with Gasteiger partial charge in [0.25, 0.3) is 11.8 Å². The fourth-order valence-electron chi connectivity index (χ4n) is 2.69. The lowest BCUT2D eigenvalue weighted by Gasteiger charge is -2.34. The average Bonchev–Trinajstić information content (AvgIpc) is 2.62. The number of piperidine rings is 1. The van der Waals surface area contributed by atoms with E-state index in [1.807, 2.05) is 0 Å². The Morgan fingerprint density at radius 2 is 2.00 bits per heavy atom. The molecule has 10 heteroatoms. The van der Waals surface area contributed by atoms with E-state index in [0.29, 0.717) is 11.4 Å². The zero-order valence-corrected chi connectivity index (χ0v) is 13.6. The fraction of sp³-hybridized carbons (Fsp3) is 0.312. The Morgan fingerprint density at radius 3 is 2.69 bits per heavy atom. The van der Waals surface area contributed by atoms with Crippen LogP contribution in [0.5, 0.6) is 0 Å². The molecule has 1 N–H and O–H groups in total. The molecule has 1 amide bonds. The molecule has 0 spiro atoms. The van der Waals surface area contributed by atoms with E-state index in [-0.39, 0.29) is 31.5 Å². The molecule has 0 unspecified atom stereocenters. The van der Waals surface area contributed by atoms with Crippen molar-refractivity contribution < 1.29 is 18.5 Å². The molecule has 2 aromatic rings. The van der Waals surface area contributed by atoms with E-state index < -0.39 is 22.6 Å². The van der Waals surface area contributed by atoms with Crippen LogP contribution in [0.4, 0.5) is 26.0 Å². The van der Waals surface area contributed by atoms with Crippen LogP contribution < -0.4 is 10.2 Å². The lowest BCUT2D eigenvalue weighted by molar-refractivity contribution is -0.389. The van der Waals surface area contributed by atoms with E-state index in [1.165, 1.54) is 24.7 Å². The first-order valence-electron chi connectivity index (χ1n) is 7.84. The van der Waals surface area contributed by atoms with Gasteiger partial charge in [-0.1, -0.05) is 0 Å². The summed E-state index contributed by atoms with van der Waals surface area (Å²) in [6, 6.07) is 4.04. The Labute approximate surface area is 147 Å². The van der Waals surface area contributed by atoms with Crippen LogP contribution >= 0.6 is 0 Å². The molecule has 0 aromatic carbocycles. The Hall–Kier alpha value is -3.17. The predicted octanol–water partition coefficient (Wildman–Crippen LogP) is 2.87. The Bertz CT molecular complexity index is 836. The second-order valence-corrected chi connectivity index (χ2v) is 5.85. The van der Waals surface area contributed by atoms with E-state index in [9.17, 15) is 23.7 Å². The number of nitro groups is 1. The van der Waals surface area contributed by atoms with Crippen molar-refractivity contribution in [3.05, 3.63) is 52.5 Å². The number of amides is 1. The summed E-state index contributed by atoms with van der Waals surface area (Å²) in [4.78, 5) is 31.8. The van der Waals surface area contributed by atoms with Crippen LogP contribution in [0.3, 0.4) is 0 Å². The maximum Gasteiger partial charge on any atom is 0.364 e. The Kier molecular flexibility index (Phi) is 4.74. The van der Waals surface area contributed by atoms with E-state index in [0.717, 1.165) is 6.07 Å². The minimum Gasteiger partial charge on any atom is -0.369 e. The van der Waals surface area contributed by atoms with Gasteiger partial charge < -0.3 is 20.3 Å². The number of rotatable bonds is 4. The number of nitrogens with one attached hydrogen (secondary N) is 1. The average molecular weight is 363 g/mol. The number of nitrogens with zero attached hydrogens (tertiary/aromatic N) is 4. The van der Waals surface area contributed by atoms with E-state index in [1.54, 1.807) is 11.0 Å². The van der Waals surface area contributed by atoms with Crippen molar-refractivity contribution in [3.63, 3.8) is 0 Å². The first-order valence-corrected chi connectivity index (χ1v) is 7.84. The van der Waals surface area contributed by atoms with E-state index in [4.69, 9.17) is 0 Å². The van der Waals surface area contributed by atoms with Crippen molar-refractivity contribution in [1.82, 2.24) is 9.97 Å². The molecule has 3 heterocycles. The highest BCUT2D eigenvalue weighted by Gasteiger charge is 2.34. The van der Waals surface area contributed by atoms with Gasteiger partial charge in [0.2, 0.25) is 0 Å². The highest BCUT2D eigenvalue weighted by atomic mass is 19.3. The quantitative estimate of drug-likeness (QED) is 0.662. The maximum atomic E-state index is 13.4. The monoisotopic (exact) mass is 363 g/mol. The maximum absolute atomic E-state index is 13.4. The van der Waals surface area contributed by atoms with Gasteiger partial charge in [0.05, 0.1) is 23.1 Å². The molecule has 1 fully saturated rings. The molecule has 0 bridgehead atoms. The van der Waals surface area contributed by atoms with Crippen LogP contribution in [0.1, 0.15) is 23.2 Å². The summed E-state index contributed by atoms with van der Waals surface area (Å²) in [6.45, 7) is 0.307. The SMILES string of the molecule is O=C(Nc1cnccc1N1CCC(F)(F)CC1)c1ccnc([N+](=O)[O-])c1. The highest BCUT2D eigenvalue weighted by molar-refractivity contribution is 6.06. The molecule has 136 valence electrons. The third-order valence-electron chi connectivity index (χ3n) is 4.08. The first kappa shape index (κ1) is 17.6. The molecular weight excluding hydrogens is 348 g/mol. The zero-order valence-electron chi connectivity index (χ0n) is 13.6. The van der Waals surface area contributed by atoms with Gasteiger partial charge in [0.1, 0.15) is 6.20 Å². The Morgan fingerprint density at radius 1 is 1.27 bits per heavy atom. The van der Waals surface area contributed by atoms with Gasteiger partial charge in [0, 0.05) is 38.2 Å². The summed E-state index contributed by atoms with van der Waals surface area (Å²) >= 11 is 0. The minimum absolute atomic E-state index is 0.0617. The number of pyridine rings is 2. The van der Waals surface area contributed by atoms with Crippen LogP contribution in [-0.2, 0) is 0 Å². The van der Waals surface area contributed by atoms with Crippen LogP contribution in [0.25, 0.3) is 0 Å². The number of carbonyl (C=O) groups is 1. The van der Waals surface area contributed by atoms with Gasteiger partial charge in [0.15, 0.2) is 0 Å². The van der Waals surface area contributed by atoms with E-state index in [2.05, 4.69) is 15.3 Å². The lowest BCUT2D eigenvalue weighted by atomic mass is 10.1. The number of halogens is 2. The highest BCUT2D eigenvalue weighted by Crippen LogP contribution is 2.33. The summed E-state index contributed by atoms with van der Waals surface area (Å²) in [5.74, 6) is -3.70. The normalized spacial score (nSPS) is 16.2. The van der Waals surface area contributed by atoms with Crippen molar-refractivity contribution in [2.45, 2.75) is 18.8 Å². The predicted molar refractivity (Wildman–Crippen MR) is 89.5 cm³/mol. The van der Waals surface area contributed by atoms with Gasteiger partial charge in [-0.3, -0.25) is 9.78 Å². The molecule has 0 atom stereocenters. The number of anilines is 2. The zero-order chi connectivity index (χ0) is 18.7. The smallest absolute Gasteiger partial charge is 0.364 e. The minimum atomic E-state index is -2.68. The first-order chi connectivity index (χ1) is 12.4. The largest absolute Gasteiger partial charge is 0.369 e. The van der Waals surface area contributed by atoms with Crippen LogP contribution in [0, 0.1) is 10.1 Å². The molecule has 0 saturated carbocycles. The van der Waals surface area contributed by atoms with E-state index >= 15 is 0 Å². The van der Waals surface area contributed by atoms with Crippen molar-refractivity contribution in [3.8, 4) is 0 Å². The molecule has 1 aliphatic rings. The standard InChI is InChI=1S/C16H15F2N5O3/c17-16(18)3-7-22(8-4-16)13-2-5-19-10-12(13)21-15(24)11-1-6-20-14(9-11)23(25)26/h1-2,5-6,9-10H,3-4,7-8H2,(H,21,24). The summed E-state index contributed by atoms with van der Waals surface area (Å²) in [6.07, 6.45) is 3.56. The van der Waals surface area contributed by atoms with Crippen LogP contribution in [0.2, 0.25) is 0 Å². The second kappa shape index (κ2) is 6.98. The molecule has 2 aromatic heterocycles. The molecular formula is C16H15F2N5O3. The molecule has 8 nitrogen and oxygen atoms in total. The number of alkyl halides is 2. The molecule has 3 rings (SSSR count). The van der Waals surface area contributed by atoms with Crippen molar-refractivity contribution in [2.24, 2.45) is 0 Å². The van der Waals surface area contributed by atoms with Gasteiger partial charge >= 0.3 is 5.82 Å². The van der Waals surface area contributed by atoms with Crippen LogP contribution in [-0.4, -0.2) is 39.8 Å². The molecule has 1 aliphatic heterocycles. The number of aromatic nitrogens is 2. The molecule has 1 saturated heterocycles. The topological polar surface area (TPSA) is 101 Å². The third kappa shape index (κ3) is 3.90. The van der Waals surface area contributed by atoms with Crippen molar-refractivity contribution in [1.29, 1.82) is 0 Å². The molecule has 0 aliphatic carbocycles. The number of hydrogen-bond donors (Lipinski definition) is 1. The second-order valence-electron chi connectivity index (χ2n) is 5.85. The summed E-state index contributed by atoms with van der Waals surface area (Å²) in [5.41, 5.74) is 0.987. The number of hydrogen-bond acceptors (Lipinski definition) is 6. The molecule has 0 radical (unpaired) electrons. The summed E-state index contributed by atoms with van der Waals surface area (Å²) in [5, 5.41) is 13.4. The third-order valence-corrected chi connectivity index (χ3v) is 4.08. The number of carbonyl (C=O) groups excluding carboxylic acids is 1. The lowest BCUT2D eigenvalue weighted by Crippen LogP contribution is -2.39. The summed E-state index contributed by atoms with van der Waals surface area (Å²) < 4.78 is 26.7. The van der Waals surface area contributed by atoms with Crippen LogP contribution in [0.15, 0.2) is 36.8 Å². The summed E-state index contributed by atoms with van der Waals surface area (Å²) in [7, 11) is 0. The van der Waals surface area contributed by atoms with Gasteiger partial charge in [-0.25, -0.2) is 8.78 Å². The van der Waals surface area contributed by atoms with Gasteiger partial charge in [-0.15, -0.1) is 0 Å². The van der Waals surface area contributed by atoms with Crippen molar-refractivity contribution in [2.75, 3.05) is 23.3 Å².